The molecule has 0 saturated heterocycles. The van der Waals surface area contributed by atoms with E-state index in [0.717, 1.165) is 34.8 Å². The number of halogens is 2. The van der Waals surface area contributed by atoms with Crippen molar-refractivity contribution in [3.05, 3.63) is 34.3 Å². The second-order valence-electron chi connectivity index (χ2n) is 4.28. The first-order valence-electron chi connectivity index (χ1n) is 5.85. The van der Waals surface area contributed by atoms with Gasteiger partial charge in [-0.1, -0.05) is 31.9 Å². The van der Waals surface area contributed by atoms with Crippen LogP contribution in [0.15, 0.2) is 28.7 Å². The molecule has 0 spiro atoms. The quantitative estimate of drug-likeness (QED) is 0.747. The second-order valence-corrected chi connectivity index (χ2v) is 5.99. The van der Waals surface area contributed by atoms with Crippen molar-refractivity contribution in [2.45, 2.75) is 25.3 Å². The molecule has 1 aliphatic carbocycles. The predicted octanol–water partition coefficient (Wildman–Crippen LogP) is 3.84. The summed E-state index contributed by atoms with van der Waals surface area (Å²) in [6.07, 6.45) is 3.54. The van der Waals surface area contributed by atoms with E-state index >= 15 is 0 Å². The van der Waals surface area contributed by atoms with Gasteiger partial charge in [0.05, 0.1) is 0 Å². The van der Waals surface area contributed by atoms with E-state index in [2.05, 4.69) is 31.9 Å². The third kappa shape index (κ3) is 3.10. The first kappa shape index (κ1) is 13.1. The topological polar surface area (TPSA) is 20.3 Å². The Hall–Kier alpha value is -0.350. The molecule has 1 aromatic carbocycles. The fourth-order valence-electron chi connectivity index (χ4n) is 2.00. The summed E-state index contributed by atoms with van der Waals surface area (Å²) >= 11 is 6.81. The van der Waals surface area contributed by atoms with Gasteiger partial charge in [-0.3, -0.25) is 4.79 Å². The van der Waals surface area contributed by atoms with Gasteiger partial charge in [0.2, 0.25) is 0 Å². The molecule has 0 bridgehead atoms. The third-order valence-corrected chi connectivity index (χ3v) is 4.08. The van der Waals surface area contributed by atoms with Crippen LogP contribution in [0.2, 0.25) is 0 Å². The predicted molar refractivity (Wildman–Crippen MR) is 76.6 cm³/mol. The van der Waals surface area contributed by atoms with E-state index < -0.39 is 0 Å². The SMILES string of the molecule is O=C(c1ccc(Br)cc1)N(CCBr)C1CCC1. The minimum absolute atomic E-state index is 0.154. The highest BCUT2D eigenvalue weighted by Gasteiger charge is 2.28. The number of carbonyl (C=O) groups is 1. The molecule has 4 heteroatoms. The molecule has 0 N–H and O–H groups in total. The van der Waals surface area contributed by atoms with Gasteiger partial charge in [0.25, 0.3) is 5.91 Å². The lowest BCUT2D eigenvalue weighted by Crippen LogP contribution is -2.45. The molecule has 2 nitrogen and oxygen atoms in total. The Labute approximate surface area is 119 Å². The lowest BCUT2D eigenvalue weighted by Gasteiger charge is -2.37. The molecule has 1 aliphatic rings. The molecule has 0 heterocycles. The van der Waals surface area contributed by atoms with E-state index in [1.807, 2.05) is 29.2 Å². The van der Waals surface area contributed by atoms with Gasteiger partial charge < -0.3 is 4.90 Å². The number of alkyl halides is 1. The van der Waals surface area contributed by atoms with Crippen LogP contribution in [-0.4, -0.2) is 28.7 Å². The summed E-state index contributed by atoms with van der Waals surface area (Å²) in [5, 5.41) is 0.839. The maximum Gasteiger partial charge on any atom is 0.254 e. The molecule has 1 saturated carbocycles. The van der Waals surface area contributed by atoms with E-state index in [4.69, 9.17) is 0 Å². The van der Waals surface area contributed by atoms with Crippen LogP contribution in [0.3, 0.4) is 0 Å². The van der Waals surface area contributed by atoms with E-state index in [0.29, 0.717) is 6.04 Å². The molecule has 0 aliphatic heterocycles. The minimum atomic E-state index is 0.154. The highest BCUT2D eigenvalue weighted by atomic mass is 79.9. The molecule has 0 radical (unpaired) electrons. The van der Waals surface area contributed by atoms with Crippen molar-refractivity contribution in [3.8, 4) is 0 Å². The Balaban J connectivity index is 2.12. The van der Waals surface area contributed by atoms with Gasteiger partial charge in [-0.25, -0.2) is 0 Å². The fraction of sp³-hybridized carbons (Fsp3) is 0.462. The van der Waals surface area contributed by atoms with Gasteiger partial charge in [0.1, 0.15) is 0 Å². The first-order chi connectivity index (χ1) is 8.22. The molecule has 1 aromatic rings. The van der Waals surface area contributed by atoms with E-state index in [1.165, 1.54) is 6.42 Å². The Morgan fingerprint density at radius 3 is 2.41 bits per heavy atom. The summed E-state index contributed by atoms with van der Waals surface area (Å²) in [4.78, 5) is 14.4. The number of nitrogens with zero attached hydrogens (tertiary/aromatic N) is 1. The largest absolute Gasteiger partial charge is 0.335 e. The maximum absolute atomic E-state index is 12.4. The minimum Gasteiger partial charge on any atom is -0.335 e. The van der Waals surface area contributed by atoms with Crippen LogP contribution in [0.5, 0.6) is 0 Å². The van der Waals surface area contributed by atoms with Crippen LogP contribution in [0.25, 0.3) is 0 Å². The van der Waals surface area contributed by atoms with Crippen LogP contribution >= 0.6 is 31.9 Å². The van der Waals surface area contributed by atoms with Gasteiger partial charge in [0, 0.05) is 28.0 Å². The zero-order valence-corrected chi connectivity index (χ0v) is 12.7. The number of hydrogen-bond acceptors (Lipinski definition) is 1. The van der Waals surface area contributed by atoms with E-state index in [1.54, 1.807) is 0 Å². The molecule has 1 fully saturated rings. The van der Waals surface area contributed by atoms with Crippen molar-refractivity contribution in [2.75, 3.05) is 11.9 Å². The molecule has 2 rings (SSSR count). The van der Waals surface area contributed by atoms with Crippen molar-refractivity contribution in [1.29, 1.82) is 0 Å². The highest BCUT2D eigenvalue weighted by molar-refractivity contribution is 9.10. The van der Waals surface area contributed by atoms with E-state index in [9.17, 15) is 4.79 Å². The zero-order chi connectivity index (χ0) is 12.3. The Kier molecular flexibility index (Phi) is 4.62. The summed E-state index contributed by atoms with van der Waals surface area (Å²) in [5.74, 6) is 0.154. The highest BCUT2D eigenvalue weighted by Crippen LogP contribution is 2.26. The van der Waals surface area contributed by atoms with Crippen molar-refractivity contribution >= 4 is 37.8 Å². The summed E-state index contributed by atoms with van der Waals surface area (Å²) in [6, 6.07) is 8.04. The maximum atomic E-state index is 12.4. The fourth-order valence-corrected chi connectivity index (χ4v) is 2.64. The first-order valence-corrected chi connectivity index (χ1v) is 7.76. The zero-order valence-electron chi connectivity index (χ0n) is 9.53. The van der Waals surface area contributed by atoms with Crippen molar-refractivity contribution < 1.29 is 4.79 Å². The van der Waals surface area contributed by atoms with Crippen molar-refractivity contribution in [3.63, 3.8) is 0 Å². The molecule has 92 valence electrons. The van der Waals surface area contributed by atoms with Crippen LogP contribution in [0.4, 0.5) is 0 Å². The summed E-state index contributed by atoms with van der Waals surface area (Å²) in [6.45, 7) is 0.791. The summed E-state index contributed by atoms with van der Waals surface area (Å²) in [7, 11) is 0. The number of rotatable bonds is 4. The number of amides is 1. The molecular weight excluding hydrogens is 346 g/mol. The molecular formula is C13H15Br2NO. The molecule has 0 aromatic heterocycles. The van der Waals surface area contributed by atoms with Gasteiger partial charge in [0.15, 0.2) is 0 Å². The number of carbonyl (C=O) groups excluding carboxylic acids is 1. The molecule has 1 amide bonds. The normalized spacial score (nSPS) is 15.4. The molecule has 17 heavy (non-hydrogen) atoms. The van der Waals surface area contributed by atoms with Crippen LogP contribution in [0.1, 0.15) is 29.6 Å². The lowest BCUT2D eigenvalue weighted by atomic mass is 9.91. The smallest absolute Gasteiger partial charge is 0.254 e. The standard InChI is InChI=1S/C13H15Br2NO/c14-8-9-16(12-2-1-3-12)13(17)10-4-6-11(15)7-5-10/h4-7,12H,1-3,8-9H2. The van der Waals surface area contributed by atoms with Crippen molar-refractivity contribution in [1.82, 2.24) is 4.90 Å². The molecule has 0 unspecified atom stereocenters. The average molecular weight is 361 g/mol. The van der Waals surface area contributed by atoms with Crippen LogP contribution in [-0.2, 0) is 0 Å². The Morgan fingerprint density at radius 2 is 1.94 bits per heavy atom. The Bertz CT molecular complexity index is 387. The average Bonchev–Trinajstić information content (AvgIpc) is 2.26. The van der Waals surface area contributed by atoms with Crippen molar-refractivity contribution in [2.24, 2.45) is 0 Å². The van der Waals surface area contributed by atoms with Crippen LogP contribution in [0, 0.1) is 0 Å². The van der Waals surface area contributed by atoms with Gasteiger partial charge >= 0.3 is 0 Å². The molecule has 0 atom stereocenters. The summed E-state index contributed by atoms with van der Waals surface area (Å²) < 4.78 is 1.00. The number of benzene rings is 1. The van der Waals surface area contributed by atoms with Gasteiger partial charge in [-0.05, 0) is 43.5 Å². The summed E-state index contributed by atoms with van der Waals surface area (Å²) in [5.41, 5.74) is 0.779. The van der Waals surface area contributed by atoms with Gasteiger partial charge in [-0.2, -0.15) is 0 Å². The third-order valence-electron chi connectivity index (χ3n) is 3.19. The Morgan fingerprint density at radius 1 is 1.29 bits per heavy atom. The van der Waals surface area contributed by atoms with Crippen LogP contribution < -0.4 is 0 Å². The second kappa shape index (κ2) is 6.01. The van der Waals surface area contributed by atoms with E-state index in [-0.39, 0.29) is 5.91 Å². The monoisotopic (exact) mass is 359 g/mol. The van der Waals surface area contributed by atoms with Gasteiger partial charge in [-0.15, -0.1) is 0 Å². The lowest BCUT2D eigenvalue weighted by molar-refractivity contribution is 0.0599. The number of hydrogen-bond donors (Lipinski definition) is 0.